The molecule has 1 fully saturated rings. The molecule has 120 valence electrons. The Balaban J connectivity index is 1.73. The molecule has 0 saturated heterocycles. The van der Waals surface area contributed by atoms with Crippen LogP contribution in [0.15, 0.2) is 29.8 Å². The summed E-state index contributed by atoms with van der Waals surface area (Å²) in [7, 11) is 0. The van der Waals surface area contributed by atoms with Crippen LogP contribution in [0.25, 0.3) is 0 Å². The lowest BCUT2D eigenvalue weighted by atomic mass is 10.2. The molecule has 0 bridgehead atoms. The van der Waals surface area contributed by atoms with Crippen LogP contribution in [0, 0.1) is 5.92 Å². The van der Waals surface area contributed by atoms with Gasteiger partial charge in [-0.25, -0.2) is 0 Å². The highest BCUT2D eigenvalue weighted by Gasteiger charge is 2.23. The van der Waals surface area contributed by atoms with Crippen molar-refractivity contribution in [1.29, 1.82) is 0 Å². The summed E-state index contributed by atoms with van der Waals surface area (Å²) in [6.07, 6.45) is 3.09. The van der Waals surface area contributed by atoms with Gasteiger partial charge in [0.1, 0.15) is 23.5 Å². The number of hydrogen-bond donors (Lipinski definition) is 2. The minimum Gasteiger partial charge on any atom is -0.489 e. The maximum Gasteiger partial charge on any atom is 0.244 e. The molecule has 0 heterocycles. The molecule has 1 unspecified atom stereocenters. The Hall–Kier alpha value is -1.23. The number of halogens is 2. The second-order valence-corrected chi connectivity index (χ2v) is 6.21. The quantitative estimate of drug-likeness (QED) is 0.747. The molecule has 2 rings (SSSR count). The average molecular weight is 344 g/mol. The zero-order valence-corrected chi connectivity index (χ0v) is 13.8. The molecule has 1 atom stereocenters. The molecule has 0 aliphatic heterocycles. The highest BCUT2D eigenvalue weighted by atomic mass is 35.5. The van der Waals surface area contributed by atoms with Crippen molar-refractivity contribution in [2.24, 2.45) is 5.92 Å². The first kappa shape index (κ1) is 17.1. The fourth-order valence-corrected chi connectivity index (χ4v) is 2.32. The molecule has 4 nitrogen and oxygen atoms in total. The van der Waals surface area contributed by atoms with E-state index in [0.717, 1.165) is 18.4 Å². The van der Waals surface area contributed by atoms with Gasteiger partial charge in [0.05, 0.1) is 5.02 Å². The summed E-state index contributed by atoms with van der Waals surface area (Å²) in [4.78, 5) is 11.7. The third-order valence-corrected chi connectivity index (χ3v) is 4.24. The van der Waals surface area contributed by atoms with E-state index in [1.54, 1.807) is 24.3 Å². The average Bonchev–Trinajstić information content (AvgIpc) is 3.31. The first-order valence-corrected chi connectivity index (χ1v) is 7.94. The van der Waals surface area contributed by atoms with E-state index in [0.29, 0.717) is 21.7 Å². The Bertz CT molecular complexity index is 571. The topological polar surface area (TPSA) is 58.6 Å². The van der Waals surface area contributed by atoms with Crippen LogP contribution < -0.4 is 10.1 Å². The molecule has 0 aromatic heterocycles. The summed E-state index contributed by atoms with van der Waals surface area (Å²) in [6, 6.07) is 5.03. The van der Waals surface area contributed by atoms with E-state index in [-0.39, 0.29) is 19.1 Å². The number of amides is 1. The molecular formula is C16H19Cl2NO3. The van der Waals surface area contributed by atoms with Crippen LogP contribution in [0.4, 0.5) is 0 Å². The summed E-state index contributed by atoms with van der Waals surface area (Å²) >= 11 is 11.9. The smallest absolute Gasteiger partial charge is 0.244 e. The lowest BCUT2D eigenvalue weighted by molar-refractivity contribution is -0.117. The minimum absolute atomic E-state index is 0.0195. The van der Waals surface area contributed by atoms with E-state index in [9.17, 15) is 9.90 Å². The highest BCUT2D eigenvalue weighted by Crippen LogP contribution is 2.35. The van der Waals surface area contributed by atoms with Crippen molar-refractivity contribution in [3.05, 3.63) is 39.9 Å². The predicted octanol–water partition coefficient (Wildman–Crippen LogP) is 3.21. The van der Waals surface area contributed by atoms with Gasteiger partial charge in [-0.1, -0.05) is 34.8 Å². The van der Waals surface area contributed by atoms with Gasteiger partial charge in [0.25, 0.3) is 0 Å². The molecule has 1 saturated carbocycles. The van der Waals surface area contributed by atoms with Crippen molar-refractivity contribution in [2.45, 2.75) is 25.9 Å². The Morgan fingerprint density at radius 1 is 1.50 bits per heavy atom. The number of aliphatic hydroxyl groups is 1. The first-order valence-electron chi connectivity index (χ1n) is 7.18. The highest BCUT2D eigenvalue weighted by molar-refractivity contribution is 6.42. The van der Waals surface area contributed by atoms with Gasteiger partial charge in [0.15, 0.2) is 0 Å². The second-order valence-electron chi connectivity index (χ2n) is 5.42. The number of ether oxygens (including phenoxy) is 1. The molecule has 1 aromatic carbocycles. The lowest BCUT2D eigenvalue weighted by Crippen LogP contribution is -2.34. The molecule has 0 radical (unpaired) electrons. The molecule has 0 spiro atoms. The number of rotatable bonds is 7. The van der Waals surface area contributed by atoms with Crippen molar-refractivity contribution in [3.63, 3.8) is 0 Å². The van der Waals surface area contributed by atoms with Gasteiger partial charge in [0, 0.05) is 12.6 Å². The first-order chi connectivity index (χ1) is 10.5. The van der Waals surface area contributed by atoms with E-state index < -0.39 is 6.10 Å². The molecule has 1 aliphatic rings. The number of hydrogen-bond acceptors (Lipinski definition) is 3. The molecule has 1 aromatic rings. The van der Waals surface area contributed by atoms with Crippen LogP contribution in [-0.4, -0.2) is 30.3 Å². The van der Waals surface area contributed by atoms with Crippen molar-refractivity contribution < 1.29 is 14.6 Å². The maximum absolute atomic E-state index is 11.7. The monoisotopic (exact) mass is 343 g/mol. The van der Waals surface area contributed by atoms with Crippen molar-refractivity contribution in [3.8, 4) is 5.75 Å². The number of aliphatic hydroxyl groups excluding tert-OH is 1. The molecular weight excluding hydrogens is 325 g/mol. The van der Waals surface area contributed by atoms with Gasteiger partial charge in [-0.05, 0) is 37.8 Å². The minimum atomic E-state index is -0.825. The Kier molecular flexibility index (Phi) is 6.12. The summed E-state index contributed by atoms with van der Waals surface area (Å²) < 4.78 is 5.41. The van der Waals surface area contributed by atoms with Crippen LogP contribution in [0.3, 0.4) is 0 Å². The zero-order valence-electron chi connectivity index (χ0n) is 12.3. The maximum atomic E-state index is 11.7. The number of nitrogens with one attached hydrogen (secondary N) is 1. The van der Waals surface area contributed by atoms with Gasteiger partial charge < -0.3 is 15.2 Å². The fraction of sp³-hybridized carbons (Fsp3) is 0.438. The molecule has 6 heteroatoms. The molecule has 22 heavy (non-hydrogen) atoms. The number of carbonyl (C=O) groups is 1. The van der Waals surface area contributed by atoms with E-state index >= 15 is 0 Å². The third-order valence-electron chi connectivity index (χ3n) is 3.44. The van der Waals surface area contributed by atoms with Crippen LogP contribution >= 0.6 is 23.2 Å². The van der Waals surface area contributed by atoms with Crippen LogP contribution in [0.2, 0.25) is 10.0 Å². The number of benzene rings is 1. The lowest BCUT2D eigenvalue weighted by Gasteiger charge is -2.14. The fourth-order valence-electron chi connectivity index (χ4n) is 1.97. The third kappa shape index (κ3) is 5.20. The van der Waals surface area contributed by atoms with Crippen molar-refractivity contribution in [1.82, 2.24) is 5.32 Å². The van der Waals surface area contributed by atoms with E-state index in [2.05, 4.69) is 5.32 Å². The molecule has 2 N–H and O–H groups in total. The van der Waals surface area contributed by atoms with E-state index in [1.807, 2.05) is 6.92 Å². The Morgan fingerprint density at radius 3 is 2.91 bits per heavy atom. The van der Waals surface area contributed by atoms with Crippen LogP contribution in [0.1, 0.15) is 19.8 Å². The van der Waals surface area contributed by atoms with Gasteiger partial charge in [-0.3, -0.25) is 4.79 Å². The summed E-state index contributed by atoms with van der Waals surface area (Å²) in [5, 5.41) is 13.2. The summed E-state index contributed by atoms with van der Waals surface area (Å²) in [5.41, 5.74) is 1.09. The number of allylic oxidation sites excluding steroid dienone is 1. The SMILES string of the molecule is C/C(=C/C(=O)NCC(O)COc1cccc(Cl)c1Cl)C1CC1. The van der Waals surface area contributed by atoms with Gasteiger partial charge in [-0.2, -0.15) is 0 Å². The predicted molar refractivity (Wildman–Crippen MR) is 87.5 cm³/mol. The number of carbonyl (C=O) groups excluding carboxylic acids is 1. The van der Waals surface area contributed by atoms with Crippen LogP contribution in [0.5, 0.6) is 5.75 Å². The second kappa shape index (κ2) is 7.86. The van der Waals surface area contributed by atoms with Crippen molar-refractivity contribution >= 4 is 29.1 Å². The molecule has 1 amide bonds. The van der Waals surface area contributed by atoms with Gasteiger partial charge >= 0.3 is 0 Å². The Labute approximate surface area is 140 Å². The Morgan fingerprint density at radius 2 is 2.23 bits per heavy atom. The van der Waals surface area contributed by atoms with Gasteiger partial charge in [0.2, 0.25) is 5.91 Å². The normalized spacial score (nSPS) is 16.3. The van der Waals surface area contributed by atoms with Crippen LogP contribution in [-0.2, 0) is 4.79 Å². The largest absolute Gasteiger partial charge is 0.489 e. The van der Waals surface area contributed by atoms with E-state index in [1.165, 1.54) is 0 Å². The van der Waals surface area contributed by atoms with E-state index in [4.69, 9.17) is 27.9 Å². The van der Waals surface area contributed by atoms with Gasteiger partial charge in [-0.15, -0.1) is 0 Å². The zero-order chi connectivity index (χ0) is 16.1. The van der Waals surface area contributed by atoms with Crippen molar-refractivity contribution in [2.75, 3.05) is 13.2 Å². The molecule has 1 aliphatic carbocycles. The standard InChI is InChI=1S/C16H19Cl2NO3/c1-10(11-5-6-11)7-15(21)19-8-12(20)9-22-14-4-2-3-13(17)16(14)18/h2-4,7,11-12,20H,5-6,8-9H2,1H3,(H,19,21)/b10-7-. The summed E-state index contributed by atoms with van der Waals surface area (Å²) in [5.74, 6) is 0.775. The summed E-state index contributed by atoms with van der Waals surface area (Å²) in [6.45, 7) is 2.09.